The Balaban J connectivity index is 3.91. The van der Waals surface area contributed by atoms with Gasteiger partial charge in [0.05, 0.1) is 6.61 Å². The molecule has 0 rings (SSSR count). The summed E-state index contributed by atoms with van der Waals surface area (Å²) in [5.74, 6) is -0.925. The smallest absolute Gasteiger partial charge is 0.462 e. The van der Waals surface area contributed by atoms with Gasteiger partial charge in [-0.25, -0.2) is 4.57 Å². The molecule has 8 nitrogen and oxygen atoms in total. The van der Waals surface area contributed by atoms with Crippen molar-refractivity contribution in [2.45, 2.75) is 136 Å². The fourth-order valence-electron chi connectivity index (χ4n) is 3.75. The van der Waals surface area contributed by atoms with Gasteiger partial charge >= 0.3 is 19.8 Å². The van der Waals surface area contributed by atoms with E-state index >= 15 is 0 Å². The summed E-state index contributed by atoms with van der Waals surface area (Å²) >= 11 is 0. The van der Waals surface area contributed by atoms with Gasteiger partial charge in [0, 0.05) is 12.8 Å². The highest BCUT2D eigenvalue weighted by atomic mass is 31.2. The van der Waals surface area contributed by atoms with E-state index in [1.54, 1.807) is 0 Å². The fraction of sp³-hybridized carbons (Fsp3) is 0.793. The number of unbranched alkanes of at least 4 members (excludes halogenated alkanes) is 12. The Morgan fingerprint density at radius 1 is 0.684 bits per heavy atom. The lowest BCUT2D eigenvalue weighted by Crippen LogP contribution is -2.29. The fourth-order valence-corrected chi connectivity index (χ4v) is 4.11. The predicted octanol–water partition coefficient (Wildman–Crippen LogP) is 7.72. The Kier molecular flexibility index (Phi) is 24.8. The van der Waals surface area contributed by atoms with Gasteiger partial charge in [0.2, 0.25) is 0 Å². The second kappa shape index (κ2) is 25.8. The third-order valence-corrected chi connectivity index (χ3v) is 6.46. The Bertz CT molecular complexity index is 686. The minimum atomic E-state index is -4.73. The number of esters is 2. The van der Waals surface area contributed by atoms with Crippen LogP contribution in [0.5, 0.6) is 0 Å². The largest absolute Gasteiger partial charge is 0.469 e. The summed E-state index contributed by atoms with van der Waals surface area (Å²) in [6.07, 6.45) is 25.6. The molecule has 0 bridgehead atoms. The summed E-state index contributed by atoms with van der Waals surface area (Å²) in [4.78, 5) is 41.8. The van der Waals surface area contributed by atoms with Gasteiger partial charge in [-0.1, -0.05) is 95.9 Å². The minimum absolute atomic E-state index is 0.203. The molecule has 0 saturated heterocycles. The summed E-state index contributed by atoms with van der Waals surface area (Å²) in [6, 6.07) is 0. The zero-order chi connectivity index (χ0) is 28.3. The molecule has 1 atom stereocenters. The first-order valence-corrected chi connectivity index (χ1v) is 16.2. The lowest BCUT2D eigenvalue weighted by molar-refractivity contribution is -0.161. The van der Waals surface area contributed by atoms with Crippen molar-refractivity contribution in [1.82, 2.24) is 0 Å². The lowest BCUT2D eigenvalue weighted by atomic mass is 10.1. The zero-order valence-electron chi connectivity index (χ0n) is 23.8. The van der Waals surface area contributed by atoms with E-state index in [2.05, 4.69) is 35.8 Å². The van der Waals surface area contributed by atoms with Crippen LogP contribution in [0.15, 0.2) is 24.3 Å². The average molecular weight is 561 g/mol. The summed E-state index contributed by atoms with van der Waals surface area (Å²) in [6.45, 7) is 3.42. The first-order valence-electron chi connectivity index (χ1n) is 14.6. The summed E-state index contributed by atoms with van der Waals surface area (Å²) < 4.78 is 25.8. The van der Waals surface area contributed by atoms with Crippen LogP contribution in [-0.2, 0) is 28.2 Å². The highest BCUT2D eigenvalue weighted by Gasteiger charge is 2.22. The van der Waals surface area contributed by atoms with Crippen LogP contribution in [0.4, 0.5) is 0 Å². The van der Waals surface area contributed by atoms with Crippen LogP contribution in [0, 0.1) is 0 Å². The van der Waals surface area contributed by atoms with Crippen molar-refractivity contribution in [2.24, 2.45) is 0 Å². The van der Waals surface area contributed by atoms with Crippen molar-refractivity contribution in [3.05, 3.63) is 24.3 Å². The van der Waals surface area contributed by atoms with Crippen LogP contribution >= 0.6 is 7.82 Å². The second-order valence-electron chi connectivity index (χ2n) is 9.73. The number of hydrogen-bond donors (Lipinski definition) is 2. The number of hydrogen-bond acceptors (Lipinski definition) is 6. The molecule has 0 fully saturated rings. The average Bonchev–Trinajstić information content (AvgIpc) is 2.87. The van der Waals surface area contributed by atoms with Gasteiger partial charge in [0.15, 0.2) is 6.10 Å². The molecule has 0 amide bonds. The molecule has 0 aromatic carbocycles. The topological polar surface area (TPSA) is 119 Å². The number of rotatable bonds is 26. The predicted molar refractivity (Wildman–Crippen MR) is 152 cm³/mol. The van der Waals surface area contributed by atoms with Crippen molar-refractivity contribution >= 4 is 19.8 Å². The number of allylic oxidation sites excluding steroid dienone is 4. The number of ether oxygens (including phenoxy) is 2. The maximum absolute atomic E-state index is 12.2. The maximum Gasteiger partial charge on any atom is 0.469 e. The quantitative estimate of drug-likeness (QED) is 0.0477. The van der Waals surface area contributed by atoms with E-state index in [-0.39, 0.29) is 19.4 Å². The normalized spacial score (nSPS) is 12.8. The van der Waals surface area contributed by atoms with Crippen LogP contribution in [0.1, 0.15) is 129 Å². The Labute approximate surface area is 230 Å². The van der Waals surface area contributed by atoms with Crippen molar-refractivity contribution in [2.75, 3.05) is 13.2 Å². The maximum atomic E-state index is 12.2. The Morgan fingerprint density at radius 2 is 1.18 bits per heavy atom. The Hall–Kier alpha value is -1.47. The molecule has 0 aliphatic heterocycles. The molecule has 2 N–H and O–H groups in total. The first kappa shape index (κ1) is 36.5. The van der Waals surface area contributed by atoms with Crippen molar-refractivity contribution < 1.29 is 37.9 Å². The molecule has 38 heavy (non-hydrogen) atoms. The third-order valence-electron chi connectivity index (χ3n) is 5.97. The summed E-state index contributed by atoms with van der Waals surface area (Å²) in [5.41, 5.74) is 0. The minimum Gasteiger partial charge on any atom is -0.462 e. The molecule has 0 aliphatic carbocycles. The molecule has 0 aliphatic rings. The van der Waals surface area contributed by atoms with Crippen molar-refractivity contribution in [1.29, 1.82) is 0 Å². The SMILES string of the molecule is CCCCC/C=C\C/C=C\CCCCCCCCCC(=O)OC(COC(=O)CCCCC)COP(=O)(O)O. The monoisotopic (exact) mass is 560 g/mol. The van der Waals surface area contributed by atoms with Gasteiger partial charge in [-0.15, -0.1) is 0 Å². The molecule has 0 aromatic heterocycles. The molecule has 0 spiro atoms. The molecular weight excluding hydrogens is 507 g/mol. The summed E-state index contributed by atoms with van der Waals surface area (Å²) in [5, 5.41) is 0. The number of carbonyl (C=O) groups is 2. The highest BCUT2D eigenvalue weighted by molar-refractivity contribution is 7.46. The van der Waals surface area contributed by atoms with E-state index in [1.165, 1.54) is 44.9 Å². The molecule has 0 aromatic rings. The second-order valence-corrected chi connectivity index (χ2v) is 11.0. The standard InChI is InChI=1S/C29H53O8P/c1-3-5-7-8-9-10-11-12-13-14-15-16-17-18-19-20-22-24-29(31)37-27(26-36-38(32,33)34)25-35-28(30)23-21-6-4-2/h9-10,12-13,27H,3-8,11,14-26H2,1-2H3,(H2,32,33,34)/b10-9-,13-12-. The van der Waals surface area contributed by atoms with Gasteiger partial charge in [-0.05, 0) is 44.9 Å². The van der Waals surface area contributed by atoms with Crippen LogP contribution in [-0.4, -0.2) is 41.0 Å². The molecular formula is C29H53O8P. The van der Waals surface area contributed by atoms with Crippen LogP contribution < -0.4 is 0 Å². The third kappa shape index (κ3) is 27.6. The molecule has 9 heteroatoms. The first-order chi connectivity index (χ1) is 18.3. The van der Waals surface area contributed by atoms with Gasteiger partial charge in [0.1, 0.15) is 6.61 Å². The molecule has 0 radical (unpaired) electrons. The van der Waals surface area contributed by atoms with Gasteiger partial charge in [-0.3, -0.25) is 14.1 Å². The zero-order valence-corrected chi connectivity index (χ0v) is 24.7. The van der Waals surface area contributed by atoms with Gasteiger partial charge < -0.3 is 19.3 Å². The lowest BCUT2D eigenvalue weighted by Gasteiger charge is -2.18. The van der Waals surface area contributed by atoms with E-state index in [0.717, 1.165) is 44.9 Å². The van der Waals surface area contributed by atoms with Crippen LogP contribution in [0.25, 0.3) is 0 Å². The van der Waals surface area contributed by atoms with E-state index in [9.17, 15) is 14.2 Å². The van der Waals surface area contributed by atoms with E-state index < -0.39 is 32.5 Å². The number of phosphoric acid groups is 1. The Morgan fingerprint density at radius 3 is 1.79 bits per heavy atom. The van der Waals surface area contributed by atoms with Crippen LogP contribution in [0.3, 0.4) is 0 Å². The number of carbonyl (C=O) groups excluding carboxylic acids is 2. The molecule has 0 heterocycles. The highest BCUT2D eigenvalue weighted by Crippen LogP contribution is 2.35. The van der Waals surface area contributed by atoms with Gasteiger partial charge in [-0.2, -0.15) is 0 Å². The van der Waals surface area contributed by atoms with E-state index in [0.29, 0.717) is 12.8 Å². The van der Waals surface area contributed by atoms with Crippen molar-refractivity contribution in [3.8, 4) is 0 Å². The number of phosphoric ester groups is 1. The summed E-state index contributed by atoms with van der Waals surface area (Å²) in [7, 11) is -4.73. The van der Waals surface area contributed by atoms with Crippen LogP contribution in [0.2, 0.25) is 0 Å². The molecule has 0 saturated carbocycles. The van der Waals surface area contributed by atoms with E-state index in [4.69, 9.17) is 19.3 Å². The van der Waals surface area contributed by atoms with E-state index in [1.807, 2.05) is 6.92 Å². The van der Waals surface area contributed by atoms with Crippen molar-refractivity contribution in [3.63, 3.8) is 0 Å². The molecule has 222 valence electrons. The van der Waals surface area contributed by atoms with Gasteiger partial charge in [0.25, 0.3) is 0 Å². The molecule has 1 unspecified atom stereocenters.